The molecule has 1 aliphatic heterocycles. The number of hydrogen-bond acceptors (Lipinski definition) is 4. The second-order valence-electron chi connectivity index (χ2n) is 7.40. The van der Waals surface area contributed by atoms with Crippen LogP contribution < -0.4 is 10.3 Å². The van der Waals surface area contributed by atoms with Gasteiger partial charge in [-0.25, -0.2) is 23.1 Å². The first kappa shape index (κ1) is 22.7. The lowest BCUT2D eigenvalue weighted by molar-refractivity contribution is -0.122. The highest BCUT2D eigenvalue weighted by molar-refractivity contribution is 6.23. The van der Waals surface area contributed by atoms with E-state index in [9.17, 15) is 32.3 Å². The maximum atomic E-state index is 13.7. The Morgan fingerprint density at radius 2 is 1.38 bits per heavy atom. The van der Waals surface area contributed by atoms with Gasteiger partial charge in [-0.2, -0.15) is 0 Å². The van der Waals surface area contributed by atoms with Gasteiger partial charge in [-0.1, -0.05) is 18.2 Å². The smallest absolute Gasteiger partial charge is 0.273 e. The zero-order valence-corrected chi connectivity index (χ0v) is 17.4. The molecule has 10 heteroatoms. The van der Waals surface area contributed by atoms with E-state index in [-0.39, 0.29) is 16.8 Å². The molecule has 0 radical (unpaired) electrons. The molecule has 172 valence electrons. The van der Waals surface area contributed by atoms with E-state index in [1.807, 2.05) is 0 Å². The zero-order chi connectivity index (χ0) is 24.4. The molecule has 7 nitrogen and oxygen atoms in total. The molecule has 3 aromatic rings. The van der Waals surface area contributed by atoms with Crippen molar-refractivity contribution in [2.75, 3.05) is 4.90 Å². The second-order valence-corrected chi connectivity index (χ2v) is 7.40. The lowest BCUT2D eigenvalue weighted by Crippen LogP contribution is -2.54. The van der Waals surface area contributed by atoms with Crippen molar-refractivity contribution in [3.05, 3.63) is 101 Å². The maximum absolute atomic E-state index is 13.7. The third-order valence-electron chi connectivity index (χ3n) is 5.10. The molecule has 3 aromatic carbocycles. The first-order valence-corrected chi connectivity index (χ1v) is 10.0. The van der Waals surface area contributed by atoms with Crippen molar-refractivity contribution in [2.24, 2.45) is 0 Å². The van der Waals surface area contributed by atoms with Gasteiger partial charge >= 0.3 is 0 Å². The number of hydrazine groups is 1. The number of anilines is 1. The van der Waals surface area contributed by atoms with Gasteiger partial charge in [0.2, 0.25) is 5.91 Å². The van der Waals surface area contributed by atoms with Gasteiger partial charge in [0.15, 0.2) is 0 Å². The van der Waals surface area contributed by atoms with Crippen LogP contribution >= 0.6 is 0 Å². The lowest BCUT2D eigenvalue weighted by Gasteiger charge is -2.28. The third-order valence-corrected chi connectivity index (χ3v) is 5.10. The Kier molecular flexibility index (Phi) is 6.13. The van der Waals surface area contributed by atoms with Gasteiger partial charge in [0.05, 0.1) is 12.1 Å². The molecule has 1 saturated heterocycles. The molecule has 1 unspecified atom stereocenters. The molecule has 0 aliphatic carbocycles. The van der Waals surface area contributed by atoms with Crippen molar-refractivity contribution in [3.8, 4) is 0 Å². The summed E-state index contributed by atoms with van der Waals surface area (Å²) in [6.45, 7) is 0. The summed E-state index contributed by atoms with van der Waals surface area (Å²) in [5.41, 5.74) is 1.83. The van der Waals surface area contributed by atoms with Gasteiger partial charge in [-0.05, 0) is 54.6 Å². The van der Waals surface area contributed by atoms with Crippen molar-refractivity contribution >= 4 is 29.3 Å². The largest absolute Gasteiger partial charge is 0.274 e. The molecule has 1 atom stereocenters. The Balaban J connectivity index is 1.70. The molecule has 4 amide bonds. The number of benzene rings is 3. The average molecular weight is 467 g/mol. The zero-order valence-electron chi connectivity index (χ0n) is 17.4. The molecule has 1 heterocycles. The quantitative estimate of drug-likeness (QED) is 0.472. The van der Waals surface area contributed by atoms with Crippen LogP contribution in [-0.2, 0) is 9.59 Å². The van der Waals surface area contributed by atoms with Crippen LogP contribution in [0.1, 0.15) is 27.1 Å². The topological polar surface area (TPSA) is 86.8 Å². The Morgan fingerprint density at radius 1 is 0.824 bits per heavy atom. The first-order chi connectivity index (χ1) is 16.2. The Labute approximate surface area is 191 Å². The molecule has 1 fully saturated rings. The van der Waals surface area contributed by atoms with E-state index in [0.29, 0.717) is 9.91 Å². The summed E-state index contributed by atoms with van der Waals surface area (Å²) in [7, 11) is 0. The van der Waals surface area contributed by atoms with Crippen LogP contribution in [0.3, 0.4) is 0 Å². The van der Waals surface area contributed by atoms with E-state index < -0.39 is 53.5 Å². The fourth-order valence-electron chi connectivity index (χ4n) is 3.54. The van der Waals surface area contributed by atoms with Gasteiger partial charge in [0.1, 0.15) is 23.5 Å². The minimum absolute atomic E-state index is 0.0490. The number of halogens is 3. The third kappa shape index (κ3) is 4.51. The summed E-state index contributed by atoms with van der Waals surface area (Å²) in [5.74, 6) is -5.69. The standard InChI is InChI=1S/C24H16F3N3O4/c25-16-6-1-4-14(10-16)22(32)28-30(23(33)15-5-2-7-17(26)11-15)20-13-21(31)29(24(20)34)19-9-3-8-18(27)12-19/h1-12,20H,13H2,(H,28,32). The summed E-state index contributed by atoms with van der Waals surface area (Å²) in [6, 6.07) is 12.3. The summed E-state index contributed by atoms with van der Waals surface area (Å²) in [5, 5.41) is 0.613. The Morgan fingerprint density at radius 3 is 2.00 bits per heavy atom. The number of imide groups is 1. The minimum Gasteiger partial charge on any atom is -0.274 e. The van der Waals surface area contributed by atoms with E-state index in [1.165, 1.54) is 36.4 Å². The number of nitrogens with zero attached hydrogens (tertiary/aromatic N) is 2. The van der Waals surface area contributed by atoms with E-state index in [0.717, 1.165) is 36.4 Å². The molecule has 0 spiro atoms. The molecule has 34 heavy (non-hydrogen) atoms. The van der Waals surface area contributed by atoms with Crippen LogP contribution in [0.2, 0.25) is 0 Å². The predicted octanol–water partition coefficient (Wildman–Crippen LogP) is 3.22. The fraction of sp³-hybridized carbons (Fsp3) is 0.0833. The van der Waals surface area contributed by atoms with Crippen LogP contribution in [0.4, 0.5) is 18.9 Å². The van der Waals surface area contributed by atoms with E-state index >= 15 is 0 Å². The van der Waals surface area contributed by atoms with Crippen molar-refractivity contribution in [3.63, 3.8) is 0 Å². The van der Waals surface area contributed by atoms with Crippen molar-refractivity contribution in [2.45, 2.75) is 12.5 Å². The fourth-order valence-corrected chi connectivity index (χ4v) is 3.54. The summed E-state index contributed by atoms with van der Waals surface area (Å²) in [6.07, 6.45) is -0.528. The van der Waals surface area contributed by atoms with E-state index in [1.54, 1.807) is 0 Å². The molecule has 1 aliphatic rings. The van der Waals surface area contributed by atoms with Crippen LogP contribution in [0.5, 0.6) is 0 Å². The SMILES string of the molecule is O=C(NN(C(=O)c1cccc(F)c1)C1CC(=O)N(c2cccc(F)c2)C1=O)c1cccc(F)c1. The molecular weight excluding hydrogens is 451 g/mol. The number of nitrogens with one attached hydrogen (secondary N) is 1. The van der Waals surface area contributed by atoms with Crippen LogP contribution in [0.25, 0.3) is 0 Å². The van der Waals surface area contributed by atoms with Crippen molar-refractivity contribution in [1.29, 1.82) is 0 Å². The van der Waals surface area contributed by atoms with Gasteiger partial charge in [0, 0.05) is 11.1 Å². The van der Waals surface area contributed by atoms with Crippen molar-refractivity contribution in [1.82, 2.24) is 10.4 Å². The van der Waals surface area contributed by atoms with Gasteiger partial charge in [-0.3, -0.25) is 24.6 Å². The highest BCUT2D eigenvalue weighted by Crippen LogP contribution is 2.26. The number of amides is 4. The molecule has 1 N–H and O–H groups in total. The van der Waals surface area contributed by atoms with Gasteiger partial charge in [0.25, 0.3) is 17.7 Å². The highest BCUT2D eigenvalue weighted by atomic mass is 19.1. The summed E-state index contributed by atoms with van der Waals surface area (Å²) in [4.78, 5) is 52.4. The van der Waals surface area contributed by atoms with Gasteiger partial charge in [-0.15, -0.1) is 0 Å². The minimum atomic E-state index is -1.51. The number of hydrogen-bond donors (Lipinski definition) is 1. The summed E-state index contributed by atoms with van der Waals surface area (Å²) >= 11 is 0. The van der Waals surface area contributed by atoms with Gasteiger partial charge < -0.3 is 0 Å². The van der Waals surface area contributed by atoms with Crippen LogP contribution in [0, 0.1) is 17.5 Å². The number of carbonyl (C=O) groups is 4. The van der Waals surface area contributed by atoms with Crippen molar-refractivity contribution < 1.29 is 32.3 Å². The maximum Gasteiger partial charge on any atom is 0.273 e. The highest BCUT2D eigenvalue weighted by Gasteiger charge is 2.45. The lowest BCUT2D eigenvalue weighted by atomic mass is 10.1. The molecule has 0 aromatic heterocycles. The number of rotatable bonds is 4. The number of carbonyl (C=O) groups excluding carboxylic acids is 4. The predicted molar refractivity (Wildman–Crippen MR) is 114 cm³/mol. The Hall–Kier alpha value is -4.47. The average Bonchev–Trinajstić information content (AvgIpc) is 3.10. The summed E-state index contributed by atoms with van der Waals surface area (Å²) < 4.78 is 41.0. The monoisotopic (exact) mass is 467 g/mol. The molecule has 0 bridgehead atoms. The normalized spacial score (nSPS) is 15.4. The van der Waals surface area contributed by atoms with E-state index in [4.69, 9.17) is 0 Å². The molecular formula is C24H16F3N3O4. The molecule has 4 rings (SSSR count). The second kappa shape index (κ2) is 9.18. The van der Waals surface area contributed by atoms with Crippen LogP contribution in [-0.4, -0.2) is 34.7 Å². The molecule has 0 saturated carbocycles. The Bertz CT molecular complexity index is 1310. The first-order valence-electron chi connectivity index (χ1n) is 10.0. The van der Waals surface area contributed by atoms with E-state index in [2.05, 4.69) is 5.43 Å². The van der Waals surface area contributed by atoms with Crippen LogP contribution in [0.15, 0.2) is 72.8 Å².